The summed E-state index contributed by atoms with van der Waals surface area (Å²) >= 11 is 1.62. The second-order valence-corrected chi connectivity index (χ2v) is 7.42. The minimum atomic E-state index is -0.549. The summed E-state index contributed by atoms with van der Waals surface area (Å²) in [5, 5.41) is 7.17. The molecule has 1 N–H and O–H groups in total. The Morgan fingerprint density at radius 3 is 2.41 bits per heavy atom. The van der Waals surface area contributed by atoms with Crippen molar-refractivity contribution < 1.29 is 14.3 Å². The van der Waals surface area contributed by atoms with Crippen molar-refractivity contribution in [3.63, 3.8) is 0 Å². The fourth-order valence-electron chi connectivity index (χ4n) is 2.98. The van der Waals surface area contributed by atoms with E-state index in [1.165, 1.54) is 0 Å². The molecule has 0 saturated heterocycles. The molecule has 6 nitrogen and oxygen atoms in total. The molecule has 1 amide bonds. The Hall–Kier alpha value is -3.06. The van der Waals surface area contributed by atoms with Gasteiger partial charge in [0.25, 0.3) is 5.91 Å². The van der Waals surface area contributed by atoms with Gasteiger partial charge in [-0.3, -0.25) is 9.48 Å². The Morgan fingerprint density at radius 1 is 1.07 bits per heavy atom. The molecule has 0 aliphatic rings. The summed E-state index contributed by atoms with van der Waals surface area (Å²) in [5.41, 5.74) is 3.44. The van der Waals surface area contributed by atoms with E-state index in [1.807, 2.05) is 67.8 Å². The number of carbonyl (C=O) groups is 2. The normalized spacial score (nSPS) is 10.6. The molecule has 0 radical (unpaired) electrons. The standard InChI is InChI=1S/C22H23N3O3S/c1-15-21(16(2)25(24-15)13-17-7-5-4-6-8-17)22(27)28-14-20(26)23-18-9-11-19(29-3)12-10-18/h4-12H,13-14H2,1-3H3,(H,23,26). The molecule has 2 aromatic carbocycles. The zero-order chi connectivity index (χ0) is 20.8. The van der Waals surface area contributed by atoms with Crippen molar-refractivity contribution >= 4 is 29.3 Å². The molecule has 1 heterocycles. The van der Waals surface area contributed by atoms with E-state index in [-0.39, 0.29) is 12.5 Å². The number of carbonyl (C=O) groups excluding carboxylic acids is 2. The third kappa shape index (κ3) is 5.26. The van der Waals surface area contributed by atoms with Gasteiger partial charge in [0.2, 0.25) is 0 Å². The lowest BCUT2D eigenvalue weighted by Gasteiger charge is -2.08. The third-order valence-electron chi connectivity index (χ3n) is 4.47. The number of nitrogens with one attached hydrogen (secondary N) is 1. The van der Waals surface area contributed by atoms with Gasteiger partial charge in [0, 0.05) is 10.6 Å². The van der Waals surface area contributed by atoms with Crippen LogP contribution in [0.25, 0.3) is 0 Å². The first kappa shape index (κ1) is 20.7. The van der Waals surface area contributed by atoms with Gasteiger partial charge in [0.05, 0.1) is 17.9 Å². The number of ether oxygens (including phenoxy) is 1. The number of amides is 1. The van der Waals surface area contributed by atoms with Crippen LogP contribution in [-0.2, 0) is 16.1 Å². The summed E-state index contributed by atoms with van der Waals surface area (Å²) in [4.78, 5) is 25.7. The zero-order valence-electron chi connectivity index (χ0n) is 16.6. The molecule has 0 bridgehead atoms. The SMILES string of the molecule is CSc1ccc(NC(=O)COC(=O)c2c(C)nn(Cc3ccccc3)c2C)cc1. The Morgan fingerprint density at radius 2 is 1.76 bits per heavy atom. The molecule has 0 fully saturated rings. The molecule has 0 spiro atoms. The smallest absolute Gasteiger partial charge is 0.342 e. The Kier molecular flexibility index (Phi) is 6.72. The highest BCUT2D eigenvalue weighted by molar-refractivity contribution is 7.98. The molecular weight excluding hydrogens is 386 g/mol. The molecule has 29 heavy (non-hydrogen) atoms. The molecule has 0 atom stereocenters. The second kappa shape index (κ2) is 9.43. The number of aromatic nitrogens is 2. The largest absolute Gasteiger partial charge is 0.452 e. The lowest BCUT2D eigenvalue weighted by molar-refractivity contribution is -0.119. The van der Waals surface area contributed by atoms with Crippen molar-refractivity contribution in [2.75, 3.05) is 18.2 Å². The number of thioether (sulfide) groups is 1. The van der Waals surface area contributed by atoms with E-state index in [9.17, 15) is 9.59 Å². The monoisotopic (exact) mass is 409 g/mol. The predicted octanol–water partition coefficient (Wildman–Crippen LogP) is 4.07. The van der Waals surface area contributed by atoms with Gasteiger partial charge in [-0.05, 0) is 49.9 Å². The number of hydrogen-bond acceptors (Lipinski definition) is 5. The highest BCUT2D eigenvalue weighted by Gasteiger charge is 2.21. The first-order chi connectivity index (χ1) is 14.0. The van der Waals surface area contributed by atoms with Crippen molar-refractivity contribution in [2.24, 2.45) is 0 Å². The average molecular weight is 410 g/mol. The van der Waals surface area contributed by atoms with E-state index in [0.717, 1.165) is 10.5 Å². The predicted molar refractivity (Wildman–Crippen MR) is 114 cm³/mol. The minimum absolute atomic E-state index is 0.355. The number of aryl methyl sites for hydroxylation is 1. The summed E-state index contributed by atoms with van der Waals surface area (Å²) < 4.78 is 7.00. The number of esters is 1. The number of anilines is 1. The highest BCUT2D eigenvalue weighted by Crippen LogP contribution is 2.18. The quantitative estimate of drug-likeness (QED) is 0.470. The topological polar surface area (TPSA) is 73.2 Å². The molecule has 0 saturated carbocycles. The van der Waals surface area contributed by atoms with Gasteiger partial charge < -0.3 is 10.1 Å². The van der Waals surface area contributed by atoms with Gasteiger partial charge >= 0.3 is 5.97 Å². The Labute approximate surface area is 174 Å². The van der Waals surface area contributed by atoms with Crippen LogP contribution in [0.1, 0.15) is 27.3 Å². The number of benzene rings is 2. The molecule has 150 valence electrons. The van der Waals surface area contributed by atoms with E-state index in [0.29, 0.717) is 29.2 Å². The van der Waals surface area contributed by atoms with Gasteiger partial charge in [0.1, 0.15) is 5.56 Å². The molecule has 0 aliphatic carbocycles. The summed E-state index contributed by atoms with van der Waals surface area (Å²) in [6, 6.07) is 17.3. The summed E-state index contributed by atoms with van der Waals surface area (Å²) in [6.07, 6.45) is 1.99. The number of hydrogen-bond donors (Lipinski definition) is 1. The van der Waals surface area contributed by atoms with E-state index in [4.69, 9.17) is 4.74 Å². The lowest BCUT2D eigenvalue weighted by Crippen LogP contribution is -2.21. The van der Waals surface area contributed by atoms with Gasteiger partial charge in [-0.2, -0.15) is 5.10 Å². The van der Waals surface area contributed by atoms with Crippen LogP contribution < -0.4 is 5.32 Å². The second-order valence-electron chi connectivity index (χ2n) is 6.54. The van der Waals surface area contributed by atoms with Crippen LogP contribution in [0.2, 0.25) is 0 Å². The lowest BCUT2D eigenvalue weighted by atomic mass is 10.2. The first-order valence-corrected chi connectivity index (χ1v) is 10.4. The number of nitrogens with zero attached hydrogens (tertiary/aromatic N) is 2. The first-order valence-electron chi connectivity index (χ1n) is 9.17. The zero-order valence-corrected chi connectivity index (χ0v) is 17.5. The van der Waals surface area contributed by atoms with Crippen molar-refractivity contribution in [3.8, 4) is 0 Å². The van der Waals surface area contributed by atoms with Crippen molar-refractivity contribution in [1.82, 2.24) is 9.78 Å². The molecule has 3 aromatic rings. The van der Waals surface area contributed by atoms with Crippen molar-refractivity contribution in [1.29, 1.82) is 0 Å². The Balaban J connectivity index is 1.60. The summed E-state index contributed by atoms with van der Waals surface area (Å²) in [5.74, 6) is -0.936. The van der Waals surface area contributed by atoms with Crippen LogP contribution >= 0.6 is 11.8 Å². The molecule has 0 unspecified atom stereocenters. The van der Waals surface area contributed by atoms with E-state index in [2.05, 4.69) is 10.4 Å². The van der Waals surface area contributed by atoms with Crippen molar-refractivity contribution in [2.45, 2.75) is 25.3 Å². The van der Waals surface area contributed by atoms with Crippen LogP contribution in [0.3, 0.4) is 0 Å². The van der Waals surface area contributed by atoms with E-state index in [1.54, 1.807) is 23.4 Å². The minimum Gasteiger partial charge on any atom is -0.452 e. The van der Waals surface area contributed by atoms with Crippen LogP contribution in [0.4, 0.5) is 5.69 Å². The molecular formula is C22H23N3O3S. The molecule has 0 aliphatic heterocycles. The summed E-state index contributed by atoms with van der Waals surface area (Å²) in [7, 11) is 0. The fraction of sp³-hybridized carbons (Fsp3) is 0.227. The summed E-state index contributed by atoms with van der Waals surface area (Å²) in [6.45, 7) is 3.80. The number of rotatable bonds is 7. The van der Waals surface area contributed by atoms with E-state index < -0.39 is 5.97 Å². The van der Waals surface area contributed by atoms with Crippen LogP contribution in [-0.4, -0.2) is 34.5 Å². The maximum atomic E-state index is 12.5. The van der Waals surface area contributed by atoms with Gasteiger partial charge in [0.15, 0.2) is 6.61 Å². The van der Waals surface area contributed by atoms with Gasteiger partial charge in [-0.15, -0.1) is 11.8 Å². The maximum Gasteiger partial charge on any atom is 0.342 e. The average Bonchev–Trinajstić information content (AvgIpc) is 3.00. The maximum absolute atomic E-state index is 12.5. The van der Waals surface area contributed by atoms with Crippen LogP contribution in [0, 0.1) is 13.8 Å². The van der Waals surface area contributed by atoms with Crippen LogP contribution in [0.15, 0.2) is 59.5 Å². The molecule has 7 heteroatoms. The van der Waals surface area contributed by atoms with E-state index >= 15 is 0 Å². The van der Waals surface area contributed by atoms with Gasteiger partial charge in [-0.25, -0.2) is 4.79 Å². The van der Waals surface area contributed by atoms with Crippen molar-refractivity contribution in [3.05, 3.63) is 77.1 Å². The van der Waals surface area contributed by atoms with Crippen LogP contribution in [0.5, 0.6) is 0 Å². The van der Waals surface area contributed by atoms with Gasteiger partial charge in [-0.1, -0.05) is 30.3 Å². The highest BCUT2D eigenvalue weighted by atomic mass is 32.2. The molecule has 1 aromatic heterocycles. The Bertz CT molecular complexity index is 998. The molecule has 3 rings (SSSR count). The third-order valence-corrected chi connectivity index (χ3v) is 5.21. The fourth-order valence-corrected chi connectivity index (χ4v) is 3.39.